The second-order valence-electron chi connectivity index (χ2n) is 3.07. The summed E-state index contributed by atoms with van der Waals surface area (Å²) in [7, 11) is 0. The van der Waals surface area contributed by atoms with E-state index >= 15 is 0 Å². The lowest BCUT2D eigenvalue weighted by atomic mass is 10.0. The van der Waals surface area contributed by atoms with Crippen molar-refractivity contribution in [2.24, 2.45) is 0 Å². The zero-order valence-electron chi connectivity index (χ0n) is 7.68. The predicted octanol–water partition coefficient (Wildman–Crippen LogP) is -1.09. The molecule has 78 valence electrons. The molecule has 0 aliphatic rings. The van der Waals surface area contributed by atoms with E-state index in [9.17, 15) is 10.2 Å². The van der Waals surface area contributed by atoms with Gasteiger partial charge in [0.25, 0.3) is 0 Å². The standard InChI is InChI=1S/C8H16O5/c1-4(2)6(11)8(13)7(12)5(10)3-9/h5,7-13H,3H2,1-2H3. The Morgan fingerprint density at radius 3 is 1.92 bits per heavy atom. The van der Waals surface area contributed by atoms with Gasteiger partial charge in [-0.2, -0.15) is 0 Å². The molecule has 5 heteroatoms. The van der Waals surface area contributed by atoms with Crippen LogP contribution in [0.3, 0.4) is 0 Å². The highest BCUT2D eigenvalue weighted by Crippen LogP contribution is 2.11. The van der Waals surface area contributed by atoms with Crippen molar-refractivity contribution in [1.82, 2.24) is 0 Å². The Labute approximate surface area is 76.6 Å². The summed E-state index contributed by atoms with van der Waals surface area (Å²) in [5.74, 6) is -0.389. The van der Waals surface area contributed by atoms with Gasteiger partial charge in [-0.05, 0) is 19.4 Å². The summed E-state index contributed by atoms with van der Waals surface area (Å²) in [6.07, 6.45) is -4.61. The Bertz CT molecular complexity index is 185. The largest absolute Gasteiger partial charge is 0.510 e. The molecule has 0 aromatic heterocycles. The van der Waals surface area contributed by atoms with Crippen LogP contribution in [0.15, 0.2) is 11.3 Å². The molecule has 0 rings (SSSR count). The minimum atomic E-state index is -1.58. The zero-order valence-corrected chi connectivity index (χ0v) is 7.68. The minimum Gasteiger partial charge on any atom is -0.510 e. The summed E-state index contributed by atoms with van der Waals surface area (Å²) < 4.78 is 0. The second kappa shape index (κ2) is 5.18. The molecule has 0 aliphatic heterocycles. The molecule has 0 aromatic rings. The highest BCUT2D eigenvalue weighted by Gasteiger charge is 2.27. The average Bonchev–Trinajstić information content (AvgIpc) is 2.12. The lowest BCUT2D eigenvalue weighted by Crippen LogP contribution is -2.40. The average molecular weight is 192 g/mol. The quantitative estimate of drug-likeness (QED) is 0.364. The Morgan fingerprint density at radius 2 is 1.62 bits per heavy atom. The maximum Gasteiger partial charge on any atom is 0.139 e. The molecule has 0 radical (unpaired) electrons. The van der Waals surface area contributed by atoms with Gasteiger partial charge in [-0.3, -0.25) is 0 Å². The minimum absolute atomic E-state index is 0.389. The first-order chi connectivity index (χ1) is 5.91. The lowest BCUT2D eigenvalue weighted by molar-refractivity contribution is -0.0745. The van der Waals surface area contributed by atoms with Gasteiger partial charge >= 0.3 is 0 Å². The molecule has 0 bridgehead atoms. The van der Waals surface area contributed by atoms with Crippen LogP contribution in [0.4, 0.5) is 0 Å². The van der Waals surface area contributed by atoms with Gasteiger partial charge in [-0.1, -0.05) is 0 Å². The normalized spacial score (nSPS) is 17.7. The molecule has 5 N–H and O–H groups in total. The number of hydrogen-bond donors (Lipinski definition) is 5. The van der Waals surface area contributed by atoms with E-state index in [4.69, 9.17) is 15.3 Å². The molecular weight excluding hydrogens is 176 g/mol. The molecule has 0 heterocycles. The number of hydrogen-bond acceptors (Lipinski definition) is 5. The number of rotatable bonds is 4. The van der Waals surface area contributed by atoms with Crippen LogP contribution in [-0.4, -0.2) is 50.5 Å². The highest BCUT2D eigenvalue weighted by atomic mass is 16.4. The molecule has 0 aromatic carbocycles. The second-order valence-corrected chi connectivity index (χ2v) is 3.07. The fourth-order valence-corrected chi connectivity index (χ4v) is 0.776. The van der Waals surface area contributed by atoms with E-state index in [0.29, 0.717) is 5.57 Å². The van der Waals surface area contributed by atoms with Gasteiger partial charge in [0.2, 0.25) is 0 Å². The van der Waals surface area contributed by atoms with Crippen molar-refractivity contribution in [3.05, 3.63) is 11.3 Å². The molecule has 5 nitrogen and oxygen atoms in total. The summed E-state index contributed by atoms with van der Waals surface area (Å²) in [5.41, 5.74) is 0.441. The predicted molar refractivity (Wildman–Crippen MR) is 46.1 cm³/mol. The summed E-state index contributed by atoms with van der Waals surface area (Å²) >= 11 is 0. The molecular formula is C8H16O5. The van der Waals surface area contributed by atoms with Crippen LogP contribution in [0.25, 0.3) is 0 Å². The van der Waals surface area contributed by atoms with E-state index in [2.05, 4.69) is 0 Å². The van der Waals surface area contributed by atoms with Gasteiger partial charge in [0.15, 0.2) is 0 Å². The highest BCUT2D eigenvalue weighted by molar-refractivity contribution is 5.08. The molecule has 0 saturated heterocycles. The van der Waals surface area contributed by atoms with Crippen LogP contribution < -0.4 is 0 Å². The zero-order chi connectivity index (χ0) is 10.6. The van der Waals surface area contributed by atoms with Crippen LogP contribution in [0, 0.1) is 0 Å². The third kappa shape index (κ3) is 3.31. The first kappa shape index (κ1) is 12.4. The molecule has 3 unspecified atom stereocenters. The van der Waals surface area contributed by atoms with Crippen molar-refractivity contribution in [1.29, 1.82) is 0 Å². The first-order valence-corrected chi connectivity index (χ1v) is 3.93. The van der Waals surface area contributed by atoms with Crippen LogP contribution in [0.2, 0.25) is 0 Å². The SMILES string of the molecule is CC(C)=C(O)C(O)C(O)C(O)CO. The number of aliphatic hydroxyl groups excluding tert-OH is 5. The molecule has 13 heavy (non-hydrogen) atoms. The van der Waals surface area contributed by atoms with Crippen molar-refractivity contribution in [2.75, 3.05) is 6.61 Å². The van der Waals surface area contributed by atoms with Crippen LogP contribution in [0.1, 0.15) is 13.8 Å². The van der Waals surface area contributed by atoms with Gasteiger partial charge in [0, 0.05) is 0 Å². The van der Waals surface area contributed by atoms with E-state index < -0.39 is 24.9 Å². The van der Waals surface area contributed by atoms with E-state index in [0.717, 1.165) is 0 Å². The van der Waals surface area contributed by atoms with Crippen LogP contribution >= 0.6 is 0 Å². The first-order valence-electron chi connectivity index (χ1n) is 3.93. The van der Waals surface area contributed by atoms with Gasteiger partial charge in [-0.25, -0.2) is 0 Å². The van der Waals surface area contributed by atoms with Crippen LogP contribution in [0.5, 0.6) is 0 Å². The van der Waals surface area contributed by atoms with Gasteiger partial charge in [0.05, 0.1) is 6.61 Å². The van der Waals surface area contributed by atoms with Crippen molar-refractivity contribution in [2.45, 2.75) is 32.2 Å². The summed E-state index contributed by atoms with van der Waals surface area (Å²) in [6, 6.07) is 0. The summed E-state index contributed by atoms with van der Waals surface area (Å²) in [6.45, 7) is 2.43. The Morgan fingerprint density at radius 1 is 1.15 bits per heavy atom. The van der Waals surface area contributed by atoms with Crippen molar-refractivity contribution in [3.8, 4) is 0 Å². The molecule has 0 spiro atoms. The molecule has 0 saturated carbocycles. The summed E-state index contributed by atoms with van der Waals surface area (Å²) in [4.78, 5) is 0. The van der Waals surface area contributed by atoms with E-state index in [1.54, 1.807) is 13.8 Å². The van der Waals surface area contributed by atoms with Crippen molar-refractivity contribution >= 4 is 0 Å². The van der Waals surface area contributed by atoms with E-state index in [1.165, 1.54) is 0 Å². The van der Waals surface area contributed by atoms with Gasteiger partial charge in [0.1, 0.15) is 24.1 Å². The Hall–Kier alpha value is -0.620. The topological polar surface area (TPSA) is 101 Å². The number of allylic oxidation sites excluding steroid dienone is 1. The van der Waals surface area contributed by atoms with Gasteiger partial charge in [-0.15, -0.1) is 0 Å². The lowest BCUT2D eigenvalue weighted by Gasteiger charge is -2.21. The maximum atomic E-state index is 9.23. The smallest absolute Gasteiger partial charge is 0.139 e. The Kier molecular flexibility index (Phi) is 4.94. The Balaban J connectivity index is 4.42. The monoisotopic (exact) mass is 192 g/mol. The fourth-order valence-electron chi connectivity index (χ4n) is 0.776. The van der Waals surface area contributed by atoms with Crippen molar-refractivity contribution < 1.29 is 25.5 Å². The molecule has 3 atom stereocenters. The number of aliphatic hydroxyl groups is 5. The molecule has 0 amide bonds. The van der Waals surface area contributed by atoms with Crippen molar-refractivity contribution in [3.63, 3.8) is 0 Å². The van der Waals surface area contributed by atoms with E-state index in [-0.39, 0.29) is 5.76 Å². The van der Waals surface area contributed by atoms with Crippen LogP contribution in [-0.2, 0) is 0 Å². The molecule has 0 aliphatic carbocycles. The third-order valence-corrected chi connectivity index (χ3v) is 1.70. The molecule has 0 fully saturated rings. The fraction of sp³-hybridized carbons (Fsp3) is 0.750. The third-order valence-electron chi connectivity index (χ3n) is 1.70. The van der Waals surface area contributed by atoms with Gasteiger partial charge < -0.3 is 25.5 Å². The van der Waals surface area contributed by atoms with E-state index in [1.807, 2.05) is 0 Å². The summed E-state index contributed by atoms with van der Waals surface area (Å²) in [5, 5.41) is 45.0. The maximum absolute atomic E-state index is 9.23.